The van der Waals surface area contributed by atoms with Crippen LogP contribution in [0.5, 0.6) is 5.75 Å². The van der Waals surface area contributed by atoms with Crippen LogP contribution in [0.4, 0.5) is 5.69 Å². The van der Waals surface area contributed by atoms with E-state index in [4.69, 9.17) is 9.99 Å². The Balaban J connectivity index is 2.08. The molecule has 0 saturated carbocycles. The molecule has 1 heterocycles. The van der Waals surface area contributed by atoms with Crippen LogP contribution in [0.15, 0.2) is 32.7 Å². The number of aliphatic hydroxyl groups excluding tert-OH is 1. The summed E-state index contributed by atoms with van der Waals surface area (Å²) in [5, 5.41) is 21.6. The molecule has 3 N–H and O–H groups in total. The van der Waals surface area contributed by atoms with Gasteiger partial charge in [0.1, 0.15) is 6.54 Å². The second-order valence-electron chi connectivity index (χ2n) is 9.85. The molecule has 0 unspecified atom stereocenters. The van der Waals surface area contributed by atoms with Gasteiger partial charge in [-0.15, -0.1) is 4.33 Å². The molecule has 0 radical (unpaired) electrons. The van der Waals surface area contributed by atoms with Gasteiger partial charge in [0.15, 0.2) is 11.5 Å². The Labute approximate surface area is 231 Å². The Bertz CT molecular complexity index is 1350. The normalized spacial score (nSPS) is 17.3. The van der Waals surface area contributed by atoms with Crippen molar-refractivity contribution in [2.75, 3.05) is 25.5 Å². The quantitative estimate of drug-likeness (QED) is 0.0447. The highest BCUT2D eigenvalue weighted by atomic mass is 32.2. The van der Waals surface area contributed by atoms with Crippen LogP contribution in [0.1, 0.15) is 69.9 Å². The van der Waals surface area contributed by atoms with Crippen molar-refractivity contribution in [2.24, 2.45) is 0 Å². The third-order valence-electron chi connectivity index (χ3n) is 7.14. The molecule has 39 heavy (non-hydrogen) atoms. The molecule has 1 aliphatic heterocycles. The fraction of sp³-hybridized carbons (Fsp3) is 0.577. The monoisotopic (exact) mass is 586 g/mol. The smallest absolute Gasteiger partial charge is 0.268 e. The number of rotatable bonds is 18. The largest absolute Gasteiger partial charge is 0.489 e. The average Bonchev–Trinajstić information content (AvgIpc) is 3.12. The van der Waals surface area contributed by atoms with Crippen molar-refractivity contribution in [3.05, 3.63) is 49.8 Å². The molecule has 0 bridgehead atoms. The van der Waals surface area contributed by atoms with E-state index in [2.05, 4.69) is 9.37 Å². The standard InChI is InChI=1S/C26H35NO10S2/c1-3-4-14-35-25-19(23(29)24(25)30)17-22-26(2,11-6-5-7-13-28)20-16-18(38-37-36-31)9-10-21(20)27(22)12-8-15-39(32,33)34/h9-10,16,28H,3-8,11-15,17H2,1-2H3,(H-,31,32,33,34)/p+1/t26-/m1/s1. The predicted octanol–water partition coefficient (Wildman–Crippen LogP) is 3.32. The van der Waals surface area contributed by atoms with E-state index in [1.807, 2.05) is 30.6 Å². The van der Waals surface area contributed by atoms with Gasteiger partial charge in [0.05, 0.1) is 41.8 Å². The lowest BCUT2D eigenvalue weighted by Crippen LogP contribution is -2.42. The molecule has 11 nitrogen and oxygen atoms in total. The van der Waals surface area contributed by atoms with Crippen molar-refractivity contribution in [2.45, 2.75) is 75.5 Å². The highest BCUT2D eigenvalue weighted by Crippen LogP contribution is 2.46. The van der Waals surface area contributed by atoms with Gasteiger partial charge in [-0.2, -0.15) is 13.0 Å². The van der Waals surface area contributed by atoms with Crippen molar-refractivity contribution < 1.29 is 42.0 Å². The Morgan fingerprint density at radius 2 is 1.85 bits per heavy atom. The van der Waals surface area contributed by atoms with Crippen LogP contribution in [0.25, 0.3) is 0 Å². The molecule has 0 saturated heterocycles. The third kappa shape index (κ3) is 7.54. The number of unbranched alkanes of at least 4 members (excludes halogenated alkanes) is 3. The van der Waals surface area contributed by atoms with Gasteiger partial charge < -0.3 is 9.84 Å². The number of hydrogen-bond donors (Lipinski definition) is 3. The van der Waals surface area contributed by atoms with E-state index in [9.17, 15) is 27.7 Å². The van der Waals surface area contributed by atoms with Crippen molar-refractivity contribution in [1.29, 1.82) is 0 Å². The molecule has 3 rings (SSSR count). The van der Waals surface area contributed by atoms with Crippen LogP contribution in [-0.4, -0.2) is 59.1 Å². The van der Waals surface area contributed by atoms with Crippen molar-refractivity contribution in [3.63, 3.8) is 0 Å². The summed E-state index contributed by atoms with van der Waals surface area (Å²) in [6.45, 7) is 4.68. The van der Waals surface area contributed by atoms with Crippen LogP contribution in [0.2, 0.25) is 0 Å². The first-order valence-corrected chi connectivity index (χ1v) is 15.4. The van der Waals surface area contributed by atoms with E-state index in [1.54, 1.807) is 6.07 Å². The first-order valence-electron chi connectivity index (χ1n) is 13.0. The van der Waals surface area contributed by atoms with Gasteiger partial charge >= 0.3 is 0 Å². The Morgan fingerprint density at radius 1 is 1.08 bits per heavy atom. The lowest BCUT2D eigenvalue weighted by molar-refractivity contribution is -0.439. The summed E-state index contributed by atoms with van der Waals surface area (Å²) in [6, 6.07) is 5.48. The van der Waals surface area contributed by atoms with E-state index in [1.165, 1.54) is 0 Å². The minimum atomic E-state index is -4.18. The number of fused-ring (bicyclic) bond motifs is 1. The van der Waals surface area contributed by atoms with Gasteiger partial charge in [0.25, 0.3) is 15.5 Å². The molecule has 0 amide bonds. The molecule has 1 atom stereocenters. The van der Waals surface area contributed by atoms with Gasteiger partial charge in [0.2, 0.25) is 11.1 Å². The van der Waals surface area contributed by atoms with E-state index in [-0.39, 0.29) is 31.7 Å². The highest BCUT2D eigenvalue weighted by molar-refractivity contribution is 7.94. The number of benzene rings is 1. The fourth-order valence-electron chi connectivity index (χ4n) is 5.11. The molecule has 0 aliphatic carbocycles. The Kier molecular flexibility index (Phi) is 11.2. The summed E-state index contributed by atoms with van der Waals surface area (Å²) >= 11 is 0.811. The minimum Gasteiger partial charge on any atom is -0.489 e. The molecule has 0 aromatic heterocycles. The second kappa shape index (κ2) is 14.0. The van der Waals surface area contributed by atoms with E-state index < -0.39 is 32.1 Å². The van der Waals surface area contributed by atoms with Gasteiger partial charge in [-0.3, -0.25) is 14.1 Å². The average molecular weight is 587 g/mol. The van der Waals surface area contributed by atoms with Gasteiger partial charge in [-0.25, -0.2) is 5.26 Å². The Morgan fingerprint density at radius 3 is 2.51 bits per heavy atom. The summed E-state index contributed by atoms with van der Waals surface area (Å²) in [4.78, 5) is 25.7. The van der Waals surface area contributed by atoms with Crippen molar-refractivity contribution in [3.8, 4) is 5.75 Å². The zero-order chi connectivity index (χ0) is 28.6. The van der Waals surface area contributed by atoms with Gasteiger partial charge in [0, 0.05) is 29.6 Å². The fourth-order valence-corrected chi connectivity index (χ4v) is 6.00. The van der Waals surface area contributed by atoms with Crippen LogP contribution in [0, 0.1) is 0 Å². The lowest BCUT2D eigenvalue weighted by Gasteiger charge is -2.25. The van der Waals surface area contributed by atoms with Gasteiger partial charge in [-0.05, 0) is 38.3 Å². The summed E-state index contributed by atoms with van der Waals surface area (Å²) in [7, 11) is -4.18. The van der Waals surface area contributed by atoms with Crippen molar-refractivity contribution in [1.82, 2.24) is 0 Å². The molecule has 2 aromatic rings. The SMILES string of the molecule is CCCCOc1c(CC2=[N+](CCCS(=O)(=O)O)c3ccc(SOOO)cc3[C@@]2(C)CCCCCO)c(=O)c1=O. The zero-order valence-corrected chi connectivity index (χ0v) is 23.8. The van der Waals surface area contributed by atoms with E-state index in [0.29, 0.717) is 29.9 Å². The van der Waals surface area contributed by atoms with E-state index in [0.717, 1.165) is 54.7 Å². The summed E-state index contributed by atoms with van der Waals surface area (Å²) < 4.78 is 44.5. The molecule has 1 aliphatic rings. The lowest BCUT2D eigenvalue weighted by atomic mass is 9.73. The number of ether oxygens (including phenoxy) is 1. The summed E-state index contributed by atoms with van der Waals surface area (Å²) in [5.41, 5.74) is 0.950. The highest BCUT2D eigenvalue weighted by Gasteiger charge is 2.49. The molecule has 216 valence electrons. The second-order valence-corrected chi connectivity index (χ2v) is 12.2. The topological polar surface area (TPSA) is 160 Å². The molecule has 0 spiro atoms. The van der Waals surface area contributed by atoms with Crippen LogP contribution >= 0.6 is 12.0 Å². The summed E-state index contributed by atoms with van der Waals surface area (Å²) in [5.74, 6) is -0.345. The first-order chi connectivity index (χ1) is 18.6. The minimum absolute atomic E-state index is 0.0763. The number of nitrogens with zero attached hydrogens (tertiary/aromatic N) is 1. The Hall–Kier alpha value is -2.13. The molecular formula is C26H36NO10S2+. The maximum absolute atomic E-state index is 12.7. The van der Waals surface area contributed by atoms with Gasteiger partial charge in [-0.1, -0.05) is 31.2 Å². The first kappa shape index (κ1) is 31.4. The maximum Gasteiger partial charge on any atom is 0.268 e. The van der Waals surface area contributed by atoms with Crippen LogP contribution < -0.4 is 15.6 Å². The number of aliphatic hydroxyl groups is 1. The number of hydrogen-bond acceptors (Lipinski definition) is 10. The van der Waals surface area contributed by atoms with Crippen molar-refractivity contribution >= 4 is 33.6 Å². The summed E-state index contributed by atoms with van der Waals surface area (Å²) in [6.07, 6.45) is 4.71. The molecule has 0 fully saturated rings. The molecular weight excluding hydrogens is 550 g/mol. The van der Waals surface area contributed by atoms with Crippen LogP contribution in [0.3, 0.4) is 0 Å². The molecule has 13 heteroatoms. The molecule has 2 aromatic carbocycles. The zero-order valence-electron chi connectivity index (χ0n) is 22.2. The van der Waals surface area contributed by atoms with Crippen LogP contribution in [-0.2, 0) is 31.3 Å². The predicted molar refractivity (Wildman–Crippen MR) is 146 cm³/mol. The maximum atomic E-state index is 12.7. The van der Waals surface area contributed by atoms with E-state index >= 15 is 0 Å². The third-order valence-corrected chi connectivity index (χ3v) is 8.52.